The lowest BCUT2D eigenvalue weighted by Gasteiger charge is -2.50. The molecule has 0 spiro atoms. The second kappa shape index (κ2) is 22.1. The molecular weight excluding hydrogens is 783 g/mol. The van der Waals surface area contributed by atoms with Crippen molar-refractivity contribution in [1.82, 2.24) is 14.7 Å². The summed E-state index contributed by atoms with van der Waals surface area (Å²) >= 11 is 0. The number of carbonyl (C=O) groups is 2. The average Bonchev–Trinajstić information content (AvgIpc) is 3.75. The van der Waals surface area contributed by atoms with Crippen molar-refractivity contribution in [3.63, 3.8) is 0 Å². The first kappa shape index (κ1) is 49.8. The maximum absolute atomic E-state index is 14.4. The van der Waals surface area contributed by atoms with Crippen molar-refractivity contribution in [2.45, 2.75) is 166 Å². The first-order valence-electron chi connectivity index (χ1n) is 22.8. The molecule has 0 bridgehead atoms. The molecule has 1 aromatic rings. The minimum absolute atomic E-state index is 0.0196. The lowest BCUT2D eigenvalue weighted by atomic mass is 9.77. The Morgan fingerprint density at radius 1 is 0.934 bits per heavy atom. The predicted octanol–water partition coefficient (Wildman–Crippen LogP) is 5.39. The van der Waals surface area contributed by atoms with E-state index in [-0.39, 0.29) is 43.1 Å². The van der Waals surface area contributed by atoms with Gasteiger partial charge >= 0.3 is 11.9 Å². The highest BCUT2D eigenvalue weighted by molar-refractivity contribution is 5.89. The molecule has 1 unspecified atom stereocenters. The van der Waals surface area contributed by atoms with Crippen LogP contribution < -0.4 is 0 Å². The summed E-state index contributed by atoms with van der Waals surface area (Å²) < 4.78 is 52.2. The Balaban J connectivity index is 1.54. The third-order valence-electron chi connectivity index (χ3n) is 14.1. The molecule has 1 N–H and O–H groups in total. The van der Waals surface area contributed by atoms with Crippen LogP contribution in [0.15, 0.2) is 30.3 Å². The topological polar surface area (TPSA) is 138 Å². The van der Waals surface area contributed by atoms with Crippen LogP contribution in [0.3, 0.4) is 0 Å². The van der Waals surface area contributed by atoms with Gasteiger partial charge in [-0.2, -0.15) is 0 Å². The summed E-state index contributed by atoms with van der Waals surface area (Å²) in [5.74, 6) is -2.05. The van der Waals surface area contributed by atoms with Crippen molar-refractivity contribution >= 4 is 11.9 Å². The summed E-state index contributed by atoms with van der Waals surface area (Å²) in [6, 6.07) is 8.72. The molecule has 5 rings (SSSR count). The Morgan fingerprint density at radius 3 is 2.25 bits per heavy atom. The first-order chi connectivity index (χ1) is 28.9. The number of cyclic esters (lactones) is 1. The van der Waals surface area contributed by atoms with E-state index >= 15 is 0 Å². The maximum Gasteiger partial charge on any atom is 0.338 e. The first-order valence-corrected chi connectivity index (χ1v) is 22.8. The summed E-state index contributed by atoms with van der Waals surface area (Å²) in [7, 11) is 9.32. The van der Waals surface area contributed by atoms with Gasteiger partial charge in [-0.05, 0) is 132 Å². The molecule has 61 heavy (non-hydrogen) atoms. The highest BCUT2D eigenvalue weighted by Crippen LogP contribution is 2.41. The SMILES string of the molecule is CO[C@]1(C)C[C@@H](C)CN(C)[C@H](CCCN2CCCC2)COC(=O)[C@H](C)[C@@H](O[C@H]2C[C@@](C)(OC)[C@@H](O)[C@H](C)O2)[C@H](C)[C@H]1OC1O[C@H](C)C[C@H](N(C)C)[C@H]1OC(=O)c1ccccc1. The normalized spacial score (nSPS) is 40.2. The Labute approximate surface area is 366 Å². The summed E-state index contributed by atoms with van der Waals surface area (Å²) in [5, 5.41) is 11.1. The molecule has 4 aliphatic rings. The highest BCUT2D eigenvalue weighted by atomic mass is 16.7. The van der Waals surface area contributed by atoms with Crippen LogP contribution in [0.25, 0.3) is 0 Å². The molecule has 4 saturated heterocycles. The number of methoxy groups -OCH3 is 2. The number of aliphatic hydroxyl groups is 1. The molecule has 1 aromatic carbocycles. The van der Waals surface area contributed by atoms with Gasteiger partial charge in [-0.1, -0.05) is 32.0 Å². The molecule has 4 fully saturated rings. The third-order valence-corrected chi connectivity index (χ3v) is 14.1. The molecule has 0 radical (unpaired) electrons. The zero-order chi connectivity index (χ0) is 44.6. The Kier molecular flexibility index (Phi) is 18.0. The molecule has 0 aliphatic carbocycles. The molecule has 14 heteroatoms. The number of carbonyl (C=O) groups excluding carboxylic acids is 2. The monoisotopic (exact) mass is 862 g/mol. The second-order valence-corrected chi connectivity index (χ2v) is 19.3. The van der Waals surface area contributed by atoms with Gasteiger partial charge in [0, 0.05) is 39.1 Å². The smallest absolute Gasteiger partial charge is 0.338 e. The number of likely N-dealkylation sites (N-methyl/N-ethyl adjacent to an activating group) is 2. The van der Waals surface area contributed by atoms with Crippen LogP contribution >= 0.6 is 0 Å². The van der Waals surface area contributed by atoms with Gasteiger partial charge in [0.25, 0.3) is 0 Å². The van der Waals surface area contributed by atoms with Gasteiger partial charge in [-0.15, -0.1) is 0 Å². The van der Waals surface area contributed by atoms with Gasteiger partial charge < -0.3 is 52.8 Å². The molecule has 0 saturated carbocycles. The number of hydrogen-bond donors (Lipinski definition) is 1. The minimum Gasteiger partial charge on any atom is -0.464 e. The van der Waals surface area contributed by atoms with Crippen LogP contribution in [0, 0.1) is 17.8 Å². The van der Waals surface area contributed by atoms with E-state index in [1.807, 2.05) is 52.8 Å². The average molecular weight is 862 g/mol. The van der Waals surface area contributed by atoms with Gasteiger partial charge in [0.1, 0.15) is 12.7 Å². The number of esters is 2. The molecule has 14 nitrogen and oxygen atoms in total. The van der Waals surface area contributed by atoms with E-state index in [1.165, 1.54) is 12.8 Å². The zero-order valence-corrected chi connectivity index (χ0v) is 39.2. The van der Waals surface area contributed by atoms with E-state index in [0.29, 0.717) is 18.4 Å². The summed E-state index contributed by atoms with van der Waals surface area (Å²) in [6.07, 6.45) is -0.124. The lowest BCUT2D eigenvalue weighted by Crippen LogP contribution is -2.61. The number of aliphatic hydroxyl groups excluding tert-OH is 1. The number of nitrogens with zero attached hydrogens (tertiary/aromatic N) is 3. The second-order valence-electron chi connectivity index (χ2n) is 19.3. The molecular formula is C47H79N3O11. The Bertz CT molecular complexity index is 1520. The van der Waals surface area contributed by atoms with Gasteiger partial charge in [0.2, 0.25) is 0 Å². The van der Waals surface area contributed by atoms with Crippen molar-refractivity contribution in [3.8, 4) is 0 Å². The van der Waals surface area contributed by atoms with E-state index in [9.17, 15) is 14.7 Å². The molecule has 15 atom stereocenters. The van der Waals surface area contributed by atoms with Crippen molar-refractivity contribution < 1.29 is 52.6 Å². The van der Waals surface area contributed by atoms with Gasteiger partial charge in [0.15, 0.2) is 18.7 Å². The zero-order valence-electron chi connectivity index (χ0n) is 39.2. The van der Waals surface area contributed by atoms with Crippen LogP contribution in [0.4, 0.5) is 0 Å². The van der Waals surface area contributed by atoms with Crippen LogP contribution in [-0.4, -0.2) is 172 Å². The molecule has 0 amide bonds. The van der Waals surface area contributed by atoms with Crippen molar-refractivity contribution in [2.24, 2.45) is 17.8 Å². The number of likely N-dealkylation sites (tertiary alicyclic amines) is 1. The summed E-state index contributed by atoms with van der Waals surface area (Å²) in [6.45, 7) is 18.1. The van der Waals surface area contributed by atoms with Gasteiger partial charge in [-0.25, -0.2) is 4.79 Å². The largest absolute Gasteiger partial charge is 0.464 e. The lowest BCUT2D eigenvalue weighted by molar-refractivity contribution is -0.318. The minimum atomic E-state index is -1.000. The Morgan fingerprint density at radius 2 is 1.61 bits per heavy atom. The summed E-state index contributed by atoms with van der Waals surface area (Å²) in [5.41, 5.74) is -1.48. The number of rotatable bonds is 13. The van der Waals surface area contributed by atoms with Crippen LogP contribution in [0.2, 0.25) is 0 Å². The fourth-order valence-electron chi connectivity index (χ4n) is 10.3. The fraction of sp³-hybridized carbons (Fsp3) is 0.830. The molecule has 348 valence electrons. The standard InChI is InChI=1S/C47H79N3O11/c1-30-26-47(7,55-12)42(61-45-40(37(48(8)9)25-31(2)57-45)60-44(53)35-19-14-13-15-20-35)32(3)39(59-38-27-46(6,54-11)41(51)34(5)58-38)33(4)43(52)56-29-36(49(10)28-30)21-18-24-50-22-16-17-23-50/h13-15,19-20,30-34,36-42,45,51H,16-18,21-29H2,1-12H3/t30-,31-,32+,33-,34+,36-,37+,38+,39+,40-,41+,42-,45?,46-,47-/m1/s1. The van der Waals surface area contributed by atoms with Gasteiger partial charge in [0.05, 0.1) is 53.1 Å². The van der Waals surface area contributed by atoms with E-state index in [2.05, 4.69) is 30.7 Å². The Hall–Kier alpha value is -2.24. The predicted molar refractivity (Wildman–Crippen MR) is 232 cm³/mol. The van der Waals surface area contributed by atoms with Crippen molar-refractivity contribution in [2.75, 3.05) is 68.1 Å². The maximum atomic E-state index is 14.4. The van der Waals surface area contributed by atoms with E-state index < -0.39 is 72.1 Å². The van der Waals surface area contributed by atoms with Gasteiger partial charge in [-0.3, -0.25) is 9.69 Å². The summed E-state index contributed by atoms with van der Waals surface area (Å²) in [4.78, 5) is 35.1. The number of hydrogen-bond acceptors (Lipinski definition) is 14. The van der Waals surface area contributed by atoms with Crippen molar-refractivity contribution in [1.29, 1.82) is 0 Å². The third kappa shape index (κ3) is 12.5. The van der Waals surface area contributed by atoms with Crippen molar-refractivity contribution in [3.05, 3.63) is 35.9 Å². The van der Waals surface area contributed by atoms with E-state index in [4.69, 9.17) is 37.9 Å². The van der Waals surface area contributed by atoms with Crippen LogP contribution in [-0.2, 0) is 42.7 Å². The fourth-order valence-corrected chi connectivity index (χ4v) is 10.3. The molecule has 0 aromatic heterocycles. The number of ether oxygens (including phenoxy) is 8. The highest BCUT2D eigenvalue weighted by Gasteiger charge is 2.53. The molecule has 4 heterocycles. The van der Waals surface area contributed by atoms with Crippen LogP contribution in [0.1, 0.15) is 104 Å². The number of benzene rings is 1. The van der Waals surface area contributed by atoms with E-state index in [0.717, 1.165) is 39.0 Å². The quantitative estimate of drug-likeness (QED) is 0.254. The van der Waals surface area contributed by atoms with E-state index in [1.54, 1.807) is 45.4 Å². The molecule has 4 aliphatic heterocycles. The van der Waals surface area contributed by atoms with Crippen LogP contribution in [0.5, 0.6) is 0 Å².